The molecule has 0 unspecified atom stereocenters. The SMILES string of the molecule is O=[Te]=O.[Er]. The summed E-state index contributed by atoms with van der Waals surface area (Å²) < 4.78 is 17.0. The first kappa shape index (κ1) is 9.16. The van der Waals surface area contributed by atoms with E-state index in [4.69, 9.17) is 6.21 Å². The van der Waals surface area contributed by atoms with Crippen molar-refractivity contribution in [3.63, 3.8) is 0 Å². The van der Waals surface area contributed by atoms with Crippen LogP contribution in [-0.4, -0.2) is 20.9 Å². The Balaban J connectivity index is 0. The van der Waals surface area contributed by atoms with Gasteiger partial charge in [0.05, 0.1) is 0 Å². The fraction of sp³-hybridized carbons (Fsp3) is 0. The zero-order valence-electron chi connectivity index (χ0n) is 1.51. The van der Waals surface area contributed by atoms with Crippen LogP contribution >= 0.6 is 0 Å². The topological polar surface area (TPSA) is 34.1 Å². The largest absolute Gasteiger partial charge is 0 e. The Kier molecular flexibility index (Phi) is 20.2. The Labute approximate surface area is 63.4 Å². The molecule has 0 saturated carbocycles. The Bertz CT molecular complexity index is 27.0. The van der Waals surface area contributed by atoms with Crippen LogP contribution in [0.15, 0.2) is 0 Å². The van der Waals surface area contributed by atoms with Crippen LogP contribution in [-0.2, 0) is 6.21 Å². The Morgan fingerprint density at radius 3 is 1.25 bits per heavy atom. The van der Waals surface area contributed by atoms with E-state index in [1.807, 2.05) is 0 Å². The Hall–Kier alpha value is 1.64. The third-order valence-corrected chi connectivity index (χ3v) is 0. The van der Waals surface area contributed by atoms with Crippen molar-refractivity contribution in [1.29, 1.82) is 0 Å². The van der Waals surface area contributed by atoms with Crippen molar-refractivity contribution in [2.45, 2.75) is 0 Å². The Morgan fingerprint density at radius 2 is 1.25 bits per heavy atom. The summed E-state index contributed by atoms with van der Waals surface area (Å²) in [7, 11) is 0. The molecule has 0 saturated heterocycles. The van der Waals surface area contributed by atoms with Crippen LogP contribution in [0.3, 0.4) is 0 Å². The van der Waals surface area contributed by atoms with Gasteiger partial charge in [-0.3, -0.25) is 0 Å². The third-order valence-electron chi connectivity index (χ3n) is 0. The molecule has 0 aliphatic carbocycles. The molecule has 2 nitrogen and oxygen atoms in total. The molecule has 0 N–H and O–H groups in total. The standard InChI is InChI=1S/Er.O2Te/c;1-3-2. The van der Waals surface area contributed by atoms with Crippen LogP contribution in [0.1, 0.15) is 0 Å². The van der Waals surface area contributed by atoms with Gasteiger partial charge in [-0.1, -0.05) is 0 Å². The summed E-state index contributed by atoms with van der Waals surface area (Å²) >= 11 is -2.03. The van der Waals surface area contributed by atoms with E-state index in [1.165, 1.54) is 0 Å². The van der Waals surface area contributed by atoms with Crippen LogP contribution < -0.4 is 0 Å². The van der Waals surface area contributed by atoms with Gasteiger partial charge in [-0.25, -0.2) is 0 Å². The maximum Gasteiger partial charge on any atom is 0 e. The smallest absolute Gasteiger partial charge is 0 e. The molecule has 0 aliphatic rings. The van der Waals surface area contributed by atoms with Gasteiger partial charge < -0.3 is 0 Å². The number of hydrogen-bond acceptors (Lipinski definition) is 2. The van der Waals surface area contributed by atoms with Crippen molar-refractivity contribution in [3.8, 4) is 0 Å². The zero-order chi connectivity index (χ0) is 2.71. The van der Waals surface area contributed by atoms with Crippen LogP contribution in [0.4, 0.5) is 0 Å². The molecule has 30 valence electrons. The van der Waals surface area contributed by atoms with Gasteiger partial charge in [0.2, 0.25) is 0 Å². The van der Waals surface area contributed by atoms with Crippen LogP contribution in [0, 0.1) is 37.3 Å². The first-order chi connectivity index (χ1) is 1.41. The van der Waals surface area contributed by atoms with Gasteiger partial charge in [0, 0.05) is 37.3 Å². The van der Waals surface area contributed by atoms with Crippen LogP contribution in [0.5, 0.6) is 0 Å². The summed E-state index contributed by atoms with van der Waals surface area (Å²) in [5.41, 5.74) is 0. The molecule has 4 heavy (non-hydrogen) atoms. The van der Waals surface area contributed by atoms with E-state index >= 15 is 0 Å². The van der Waals surface area contributed by atoms with Gasteiger partial charge in [-0.15, -0.1) is 0 Å². The third kappa shape index (κ3) is 9.44. The molecule has 0 atom stereocenters. The monoisotopic (exact) mass is 328 g/mol. The van der Waals surface area contributed by atoms with Crippen molar-refractivity contribution < 1.29 is 43.5 Å². The fourth-order valence-electron chi connectivity index (χ4n) is 0. The first-order valence-electron chi connectivity index (χ1n) is 0.333. The van der Waals surface area contributed by atoms with Gasteiger partial charge in [-0.05, 0) is 0 Å². The predicted octanol–water partition coefficient (Wildman–Crippen LogP) is -0.618. The minimum Gasteiger partial charge on any atom is 0 e. The predicted molar refractivity (Wildman–Crippen MR) is 7.13 cm³/mol. The molecular weight excluding hydrogens is 327 g/mol. The average molecular weight is 327 g/mol. The Morgan fingerprint density at radius 1 is 1.25 bits per heavy atom. The second-order valence-corrected chi connectivity index (χ2v) is 0.456. The molecule has 4 heteroatoms. The van der Waals surface area contributed by atoms with Crippen LogP contribution in [0.25, 0.3) is 0 Å². The van der Waals surface area contributed by atoms with E-state index in [0.717, 1.165) is 0 Å². The molecule has 0 aromatic carbocycles. The summed E-state index contributed by atoms with van der Waals surface area (Å²) in [5, 5.41) is 0. The summed E-state index contributed by atoms with van der Waals surface area (Å²) in [5.74, 6) is 0. The minimum atomic E-state index is -2.03. The van der Waals surface area contributed by atoms with Crippen molar-refractivity contribution in [3.05, 3.63) is 0 Å². The van der Waals surface area contributed by atoms with Crippen molar-refractivity contribution in [1.82, 2.24) is 0 Å². The maximum atomic E-state index is 8.50. The maximum absolute atomic E-state index is 8.50. The van der Waals surface area contributed by atoms with Gasteiger partial charge in [-0.2, -0.15) is 0 Å². The molecule has 0 aromatic rings. The summed E-state index contributed by atoms with van der Waals surface area (Å²) in [6.45, 7) is 0. The van der Waals surface area contributed by atoms with Crippen molar-refractivity contribution in [2.24, 2.45) is 0 Å². The van der Waals surface area contributed by atoms with Gasteiger partial charge >= 0.3 is 27.1 Å². The zero-order valence-corrected chi connectivity index (χ0v) is 5.70. The minimum absolute atomic E-state index is 0. The molecule has 0 amide bonds. The van der Waals surface area contributed by atoms with E-state index in [0.29, 0.717) is 0 Å². The van der Waals surface area contributed by atoms with E-state index < -0.39 is 20.9 Å². The summed E-state index contributed by atoms with van der Waals surface area (Å²) in [6.07, 6.45) is 0. The molecule has 0 bridgehead atoms. The van der Waals surface area contributed by atoms with E-state index in [-0.39, 0.29) is 37.3 Å². The normalized spacial score (nSPS) is 3.00. The van der Waals surface area contributed by atoms with Gasteiger partial charge in [0.15, 0.2) is 0 Å². The summed E-state index contributed by atoms with van der Waals surface area (Å²) in [4.78, 5) is 0. The average Bonchev–Trinajstić information content (AvgIpc) is 0.918. The number of hydrogen-bond donors (Lipinski definition) is 0. The fourth-order valence-corrected chi connectivity index (χ4v) is 0. The molecule has 0 heterocycles. The summed E-state index contributed by atoms with van der Waals surface area (Å²) in [6, 6.07) is 0. The van der Waals surface area contributed by atoms with Crippen molar-refractivity contribution >= 4 is 20.9 Å². The molecule has 0 radical (unpaired) electrons. The molecule has 0 aromatic heterocycles. The first-order valence-corrected chi connectivity index (χ1v) is 2.24. The van der Waals surface area contributed by atoms with Gasteiger partial charge in [0.25, 0.3) is 0 Å². The van der Waals surface area contributed by atoms with E-state index in [2.05, 4.69) is 0 Å². The number of rotatable bonds is 0. The van der Waals surface area contributed by atoms with Crippen molar-refractivity contribution in [2.75, 3.05) is 0 Å². The van der Waals surface area contributed by atoms with Crippen LogP contribution in [0.2, 0.25) is 0 Å². The molecule has 0 spiro atoms. The molecular formula is ErO2Te. The van der Waals surface area contributed by atoms with E-state index in [9.17, 15) is 0 Å². The van der Waals surface area contributed by atoms with Gasteiger partial charge in [0.1, 0.15) is 0 Å². The second kappa shape index (κ2) is 8.82. The second-order valence-electron chi connectivity index (χ2n) is 0.0680. The quantitative estimate of drug-likeness (QED) is 0.556. The van der Waals surface area contributed by atoms with E-state index in [1.54, 1.807) is 0 Å². The molecule has 0 fully saturated rings. The molecule has 0 aliphatic heterocycles. The molecule has 0 rings (SSSR count).